The molecule has 2 N–H and O–H groups in total. The minimum atomic E-state index is -0.385. The zero-order valence-electron chi connectivity index (χ0n) is 17.9. The molecule has 1 aliphatic carbocycles. The first-order valence-electron chi connectivity index (χ1n) is 10.8. The number of hydrogen-bond acceptors (Lipinski definition) is 5. The number of hydrogen-bond donors (Lipinski definition) is 1. The predicted molar refractivity (Wildman–Crippen MR) is 127 cm³/mol. The fourth-order valence-electron chi connectivity index (χ4n) is 4.50. The van der Waals surface area contributed by atoms with Gasteiger partial charge in [0.1, 0.15) is 5.82 Å². The van der Waals surface area contributed by atoms with Crippen LogP contribution in [-0.2, 0) is 11.2 Å². The van der Waals surface area contributed by atoms with E-state index >= 15 is 0 Å². The van der Waals surface area contributed by atoms with Crippen molar-refractivity contribution >= 4 is 34.4 Å². The first kappa shape index (κ1) is 21.7. The lowest BCUT2D eigenvalue weighted by atomic mass is 9.78. The summed E-state index contributed by atoms with van der Waals surface area (Å²) in [5, 5.41) is 10.7. The fourth-order valence-corrected chi connectivity index (χ4v) is 5.85. The average Bonchev–Trinajstić information content (AvgIpc) is 3.22. The van der Waals surface area contributed by atoms with Crippen LogP contribution in [0.15, 0.2) is 53.0 Å². The minimum Gasteiger partial charge on any atom is -0.384 e. The number of allylic oxidation sites excluding steroid dienone is 3. The second-order valence-electron chi connectivity index (χ2n) is 8.15. The molecule has 0 saturated carbocycles. The third-order valence-electron chi connectivity index (χ3n) is 6.07. The molecule has 1 aromatic heterocycles. The number of benzene rings is 1. The first-order chi connectivity index (χ1) is 15.0. The largest absolute Gasteiger partial charge is 0.384 e. The maximum atomic E-state index is 13.2. The van der Waals surface area contributed by atoms with E-state index in [4.69, 9.17) is 17.3 Å². The van der Waals surface area contributed by atoms with Crippen LogP contribution in [0.25, 0.3) is 0 Å². The van der Waals surface area contributed by atoms with E-state index in [1.165, 1.54) is 4.88 Å². The third kappa shape index (κ3) is 3.91. The van der Waals surface area contributed by atoms with Crippen LogP contribution in [-0.4, -0.2) is 5.78 Å². The van der Waals surface area contributed by atoms with Gasteiger partial charge in [0, 0.05) is 32.5 Å². The number of nitrogens with two attached hydrogens (primary N) is 1. The van der Waals surface area contributed by atoms with Crippen molar-refractivity contribution in [3.05, 3.63) is 73.3 Å². The molecule has 0 fully saturated rings. The maximum Gasteiger partial charge on any atom is 0.161 e. The molecule has 2 aromatic rings. The van der Waals surface area contributed by atoms with Gasteiger partial charge in [-0.15, -0.1) is 11.3 Å². The number of nitrogens with zero attached hydrogens (tertiary/aromatic N) is 2. The van der Waals surface area contributed by atoms with E-state index in [1.807, 2.05) is 30.0 Å². The molecule has 0 bridgehead atoms. The Labute approximate surface area is 192 Å². The summed E-state index contributed by atoms with van der Waals surface area (Å²) in [5.41, 5.74) is 10.5. The highest BCUT2D eigenvalue weighted by atomic mass is 35.5. The lowest BCUT2D eigenvalue weighted by Crippen LogP contribution is -2.38. The summed E-state index contributed by atoms with van der Waals surface area (Å²) in [6.45, 7) is 4.16. The molecule has 1 atom stereocenters. The molecule has 31 heavy (non-hydrogen) atoms. The van der Waals surface area contributed by atoms with Crippen LogP contribution in [0, 0.1) is 18.3 Å². The summed E-state index contributed by atoms with van der Waals surface area (Å²) in [6.07, 6.45) is 5.31. The maximum absolute atomic E-state index is 13.2. The number of carbonyl (C=O) groups is 1. The molecule has 2 heterocycles. The van der Waals surface area contributed by atoms with Crippen molar-refractivity contribution < 1.29 is 4.79 Å². The van der Waals surface area contributed by atoms with Crippen molar-refractivity contribution in [1.82, 2.24) is 0 Å². The van der Waals surface area contributed by atoms with Gasteiger partial charge < -0.3 is 5.73 Å². The van der Waals surface area contributed by atoms with Crippen LogP contribution in [0.4, 0.5) is 5.69 Å². The molecule has 160 valence electrons. The number of halogens is 1. The third-order valence-corrected chi connectivity index (χ3v) is 7.51. The van der Waals surface area contributed by atoms with Crippen molar-refractivity contribution in [2.75, 3.05) is 4.90 Å². The van der Waals surface area contributed by atoms with Gasteiger partial charge in [0.05, 0.1) is 23.2 Å². The second-order valence-corrected chi connectivity index (χ2v) is 9.79. The van der Waals surface area contributed by atoms with Crippen molar-refractivity contribution in [2.24, 2.45) is 5.73 Å². The molecule has 0 radical (unpaired) electrons. The highest BCUT2D eigenvalue weighted by Gasteiger charge is 2.41. The highest BCUT2D eigenvalue weighted by Crippen LogP contribution is 2.48. The van der Waals surface area contributed by atoms with Gasteiger partial charge in [-0.2, -0.15) is 5.26 Å². The van der Waals surface area contributed by atoms with Gasteiger partial charge in [0.25, 0.3) is 0 Å². The molecule has 1 aromatic carbocycles. The number of nitriles is 1. The zero-order chi connectivity index (χ0) is 22.1. The monoisotopic (exact) mass is 451 g/mol. The number of ketones is 1. The van der Waals surface area contributed by atoms with E-state index in [2.05, 4.69) is 25.1 Å². The number of Topliss-reactive ketones (excluding diaryl/α,β-unsaturated/α-hetero) is 1. The summed E-state index contributed by atoms with van der Waals surface area (Å²) in [4.78, 5) is 17.4. The first-order valence-corrected chi connectivity index (χ1v) is 12.0. The van der Waals surface area contributed by atoms with Crippen LogP contribution in [0.3, 0.4) is 0 Å². The standard InChI is InChI=1S/C25H26ClN3OS/c1-3-4-6-17-11-12-22(31-17)23-18(14-27)25(28)29(19-7-5-8-21(30)24(19)23)20-13-16(26)10-9-15(20)2/h9-13,23H,3-8,28H2,1-2H3. The Balaban J connectivity index is 1.90. The Kier molecular flexibility index (Phi) is 6.22. The molecule has 6 heteroatoms. The minimum absolute atomic E-state index is 0.111. The van der Waals surface area contributed by atoms with Gasteiger partial charge in [0.15, 0.2) is 5.78 Å². The number of carbonyl (C=O) groups excluding carboxylic acids is 1. The van der Waals surface area contributed by atoms with E-state index in [-0.39, 0.29) is 11.7 Å². The van der Waals surface area contributed by atoms with Gasteiger partial charge in [-0.1, -0.05) is 31.0 Å². The molecule has 0 amide bonds. The smallest absolute Gasteiger partial charge is 0.161 e. The van der Waals surface area contributed by atoms with Crippen molar-refractivity contribution in [3.63, 3.8) is 0 Å². The Bertz CT molecular complexity index is 1140. The van der Waals surface area contributed by atoms with Crippen LogP contribution >= 0.6 is 22.9 Å². The lowest BCUT2D eigenvalue weighted by molar-refractivity contribution is -0.116. The van der Waals surface area contributed by atoms with E-state index in [9.17, 15) is 10.1 Å². The zero-order valence-corrected chi connectivity index (χ0v) is 19.4. The molecule has 4 nitrogen and oxygen atoms in total. The average molecular weight is 452 g/mol. The van der Waals surface area contributed by atoms with Crippen molar-refractivity contribution in [3.8, 4) is 6.07 Å². The van der Waals surface area contributed by atoms with E-state index in [0.717, 1.165) is 59.5 Å². The number of unbranched alkanes of at least 4 members (excludes halogenated alkanes) is 1. The van der Waals surface area contributed by atoms with E-state index < -0.39 is 0 Å². The quantitative estimate of drug-likeness (QED) is 0.574. The number of aryl methyl sites for hydroxylation is 2. The van der Waals surface area contributed by atoms with Crippen molar-refractivity contribution in [1.29, 1.82) is 5.26 Å². The SMILES string of the molecule is CCCCc1ccc(C2C(C#N)=C(N)N(c3cc(Cl)ccc3C)C3=C2C(=O)CCC3)s1. The molecular formula is C25H26ClN3OS. The molecular weight excluding hydrogens is 426 g/mol. The van der Waals surface area contributed by atoms with Crippen LogP contribution < -0.4 is 10.6 Å². The Morgan fingerprint density at radius 1 is 1.29 bits per heavy atom. The van der Waals surface area contributed by atoms with Crippen LogP contribution in [0.5, 0.6) is 0 Å². The van der Waals surface area contributed by atoms with Gasteiger partial charge in [0.2, 0.25) is 0 Å². The molecule has 0 spiro atoms. The summed E-state index contributed by atoms with van der Waals surface area (Å²) >= 11 is 7.99. The van der Waals surface area contributed by atoms with Crippen LogP contribution in [0.1, 0.15) is 60.3 Å². The van der Waals surface area contributed by atoms with Crippen molar-refractivity contribution in [2.45, 2.75) is 58.3 Å². The van der Waals surface area contributed by atoms with E-state index in [1.54, 1.807) is 11.3 Å². The molecule has 2 aliphatic rings. The molecule has 4 rings (SSSR count). The number of rotatable bonds is 5. The Morgan fingerprint density at radius 3 is 2.84 bits per heavy atom. The highest BCUT2D eigenvalue weighted by molar-refractivity contribution is 7.12. The predicted octanol–water partition coefficient (Wildman–Crippen LogP) is 6.36. The summed E-state index contributed by atoms with van der Waals surface area (Å²) in [5.74, 6) is 0.124. The normalized spacial score (nSPS) is 19.0. The summed E-state index contributed by atoms with van der Waals surface area (Å²) in [6, 6.07) is 12.2. The molecule has 1 aliphatic heterocycles. The topological polar surface area (TPSA) is 70.1 Å². The Morgan fingerprint density at radius 2 is 2.10 bits per heavy atom. The van der Waals surface area contributed by atoms with Crippen LogP contribution in [0.2, 0.25) is 5.02 Å². The number of thiophene rings is 1. The summed E-state index contributed by atoms with van der Waals surface area (Å²) in [7, 11) is 0. The van der Waals surface area contributed by atoms with E-state index in [0.29, 0.717) is 22.8 Å². The summed E-state index contributed by atoms with van der Waals surface area (Å²) < 4.78 is 0. The second kappa shape index (κ2) is 8.90. The molecule has 0 saturated heterocycles. The fraction of sp³-hybridized carbons (Fsp3) is 0.360. The van der Waals surface area contributed by atoms with Gasteiger partial charge >= 0.3 is 0 Å². The van der Waals surface area contributed by atoms with Gasteiger partial charge in [-0.25, -0.2) is 0 Å². The molecule has 1 unspecified atom stereocenters. The lowest BCUT2D eigenvalue weighted by Gasteiger charge is -2.39. The van der Waals surface area contributed by atoms with Gasteiger partial charge in [-0.05, 0) is 62.4 Å². The van der Waals surface area contributed by atoms with Gasteiger partial charge in [-0.3, -0.25) is 9.69 Å². The number of anilines is 1. The Hall–Kier alpha value is -2.55.